The molecule has 1 saturated heterocycles. The third kappa shape index (κ3) is 5.26. The third-order valence-corrected chi connectivity index (χ3v) is 5.62. The van der Waals surface area contributed by atoms with Gasteiger partial charge in [-0.2, -0.15) is 5.10 Å². The van der Waals surface area contributed by atoms with Gasteiger partial charge in [-0.15, -0.1) is 0 Å². The number of rotatable bonds is 5. The molecule has 3 aromatic carbocycles. The van der Waals surface area contributed by atoms with Gasteiger partial charge in [0.25, 0.3) is 0 Å². The Bertz CT molecular complexity index is 942. The number of benzene rings is 3. The van der Waals surface area contributed by atoms with Crippen molar-refractivity contribution in [2.75, 3.05) is 26.2 Å². The summed E-state index contributed by atoms with van der Waals surface area (Å²) < 4.78 is 0. The molecule has 0 bridgehead atoms. The minimum Gasteiger partial charge on any atom is -0.295 e. The Morgan fingerprint density at radius 1 is 0.793 bits per heavy atom. The van der Waals surface area contributed by atoms with Gasteiger partial charge in [0.1, 0.15) is 0 Å². The van der Waals surface area contributed by atoms with Gasteiger partial charge in [0, 0.05) is 37.7 Å². The van der Waals surface area contributed by atoms with Crippen molar-refractivity contribution in [2.45, 2.75) is 13.5 Å². The molecule has 0 amide bonds. The van der Waals surface area contributed by atoms with E-state index >= 15 is 0 Å². The zero-order valence-corrected chi connectivity index (χ0v) is 17.5. The summed E-state index contributed by atoms with van der Waals surface area (Å²) in [5, 5.41) is 7.85. The zero-order chi connectivity index (χ0) is 20.1. The van der Waals surface area contributed by atoms with E-state index in [4.69, 9.17) is 16.7 Å². The second kappa shape index (κ2) is 9.25. The first-order valence-corrected chi connectivity index (χ1v) is 10.5. The van der Waals surface area contributed by atoms with E-state index in [1.165, 1.54) is 22.3 Å². The van der Waals surface area contributed by atoms with Crippen LogP contribution in [0.3, 0.4) is 0 Å². The van der Waals surface area contributed by atoms with Gasteiger partial charge in [-0.3, -0.25) is 9.91 Å². The predicted molar refractivity (Wildman–Crippen MR) is 122 cm³/mol. The van der Waals surface area contributed by atoms with Gasteiger partial charge in [0.2, 0.25) is 0 Å². The van der Waals surface area contributed by atoms with Crippen molar-refractivity contribution >= 4 is 17.3 Å². The van der Waals surface area contributed by atoms with Gasteiger partial charge in [-0.1, -0.05) is 78.3 Å². The molecule has 0 atom stereocenters. The van der Waals surface area contributed by atoms with Crippen LogP contribution < -0.4 is 0 Å². The van der Waals surface area contributed by atoms with Gasteiger partial charge in [-0.25, -0.2) is 0 Å². The molecule has 0 unspecified atom stereocenters. The van der Waals surface area contributed by atoms with Crippen molar-refractivity contribution in [3.05, 3.63) is 95.0 Å². The molecular formula is C25H26ClN3. The molecule has 1 aliphatic rings. The van der Waals surface area contributed by atoms with E-state index in [1.807, 2.05) is 18.2 Å². The summed E-state index contributed by atoms with van der Waals surface area (Å²) in [5.74, 6) is 0. The number of halogens is 1. The fourth-order valence-corrected chi connectivity index (χ4v) is 3.77. The van der Waals surface area contributed by atoms with Gasteiger partial charge < -0.3 is 0 Å². The summed E-state index contributed by atoms with van der Waals surface area (Å²) in [6, 6.07) is 27.3. The van der Waals surface area contributed by atoms with E-state index in [0.29, 0.717) is 0 Å². The highest BCUT2D eigenvalue weighted by Crippen LogP contribution is 2.20. The second-order valence-corrected chi connectivity index (χ2v) is 7.92. The van der Waals surface area contributed by atoms with E-state index in [9.17, 15) is 0 Å². The highest BCUT2D eigenvalue weighted by molar-refractivity contribution is 6.30. The molecule has 1 fully saturated rings. The number of hydrogen-bond donors (Lipinski definition) is 0. The van der Waals surface area contributed by atoms with E-state index in [2.05, 4.69) is 77.5 Å². The van der Waals surface area contributed by atoms with Crippen LogP contribution in [-0.2, 0) is 6.54 Å². The summed E-state index contributed by atoms with van der Waals surface area (Å²) in [6.45, 7) is 7.00. The van der Waals surface area contributed by atoms with Crippen molar-refractivity contribution in [3.63, 3.8) is 0 Å². The van der Waals surface area contributed by atoms with Crippen molar-refractivity contribution < 1.29 is 0 Å². The Morgan fingerprint density at radius 3 is 2.07 bits per heavy atom. The molecule has 3 aromatic rings. The largest absolute Gasteiger partial charge is 0.295 e. The van der Waals surface area contributed by atoms with Gasteiger partial charge in [-0.05, 0) is 41.3 Å². The maximum Gasteiger partial charge on any atom is 0.0646 e. The zero-order valence-electron chi connectivity index (χ0n) is 16.8. The molecule has 4 rings (SSSR count). The molecule has 1 heterocycles. The van der Waals surface area contributed by atoms with Crippen LogP contribution in [0.25, 0.3) is 11.1 Å². The SMILES string of the molecule is CC(=NN1CCN(Cc2ccc(Cl)cc2)CC1)c1ccc(-c2ccccc2)cc1. The van der Waals surface area contributed by atoms with Crippen molar-refractivity contribution in [2.24, 2.45) is 5.10 Å². The molecular weight excluding hydrogens is 378 g/mol. The molecule has 0 N–H and O–H groups in total. The van der Waals surface area contributed by atoms with E-state index in [-0.39, 0.29) is 0 Å². The molecule has 1 aliphatic heterocycles. The van der Waals surface area contributed by atoms with Gasteiger partial charge in [0.05, 0.1) is 5.71 Å². The van der Waals surface area contributed by atoms with Crippen LogP contribution in [0.4, 0.5) is 0 Å². The predicted octanol–water partition coefficient (Wildman–Crippen LogP) is 5.55. The lowest BCUT2D eigenvalue weighted by molar-refractivity contribution is 0.130. The van der Waals surface area contributed by atoms with E-state index < -0.39 is 0 Å². The number of nitrogens with zero attached hydrogens (tertiary/aromatic N) is 3. The Kier molecular flexibility index (Phi) is 6.28. The van der Waals surface area contributed by atoms with E-state index in [0.717, 1.165) is 43.5 Å². The van der Waals surface area contributed by atoms with Crippen LogP contribution >= 0.6 is 11.6 Å². The first-order valence-electron chi connectivity index (χ1n) is 10.1. The Balaban J connectivity index is 1.33. The topological polar surface area (TPSA) is 18.8 Å². The van der Waals surface area contributed by atoms with Crippen molar-refractivity contribution in [1.82, 2.24) is 9.91 Å². The van der Waals surface area contributed by atoms with Crippen molar-refractivity contribution in [1.29, 1.82) is 0 Å². The molecule has 3 nitrogen and oxygen atoms in total. The highest BCUT2D eigenvalue weighted by atomic mass is 35.5. The summed E-state index contributed by atoms with van der Waals surface area (Å²) >= 11 is 5.98. The average Bonchev–Trinajstić information content (AvgIpc) is 2.77. The lowest BCUT2D eigenvalue weighted by atomic mass is 10.0. The van der Waals surface area contributed by atoms with Crippen molar-refractivity contribution in [3.8, 4) is 11.1 Å². The van der Waals surface area contributed by atoms with Crippen LogP contribution in [0, 0.1) is 0 Å². The number of hydrazone groups is 1. The summed E-state index contributed by atoms with van der Waals surface area (Å²) in [7, 11) is 0. The van der Waals surface area contributed by atoms with Crippen LogP contribution in [-0.4, -0.2) is 41.8 Å². The quantitative estimate of drug-likeness (QED) is 0.520. The third-order valence-electron chi connectivity index (χ3n) is 5.37. The summed E-state index contributed by atoms with van der Waals surface area (Å²) in [4.78, 5) is 2.47. The highest BCUT2D eigenvalue weighted by Gasteiger charge is 2.16. The summed E-state index contributed by atoms with van der Waals surface area (Å²) in [5.41, 5.74) is 6.02. The Labute approximate surface area is 178 Å². The maximum atomic E-state index is 5.98. The smallest absolute Gasteiger partial charge is 0.0646 e. The lowest BCUT2D eigenvalue weighted by Crippen LogP contribution is -2.43. The number of hydrogen-bond acceptors (Lipinski definition) is 3. The summed E-state index contributed by atoms with van der Waals surface area (Å²) in [6.07, 6.45) is 0. The number of piperazine rings is 1. The molecule has 0 aromatic heterocycles. The molecule has 148 valence electrons. The Morgan fingerprint density at radius 2 is 1.41 bits per heavy atom. The minimum absolute atomic E-state index is 0.792. The monoisotopic (exact) mass is 403 g/mol. The van der Waals surface area contributed by atoms with Crippen LogP contribution in [0.1, 0.15) is 18.1 Å². The first kappa shape index (κ1) is 19.7. The van der Waals surface area contributed by atoms with Gasteiger partial charge in [0.15, 0.2) is 0 Å². The molecule has 0 spiro atoms. The van der Waals surface area contributed by atoms with Gasteiger partial charge >= 0.3 is 0 Å². The fraction of sp³-hybridized carbons (Fsp3) is 0.240. The molecule has 29 heavy (non-hydrogen) atoms. The second-order valence-electron chi connectivity index (χ2n) is 7.49. The first-order chi connectivity index (χ1) is 14.2. The molecule has 4 heteroatoms. The van der Waals surface area contributed by atoms with E-state index in [1.54, 1.807) is 0 Å². The lowest BCUT2D eigenvalue weighted by Gasteiger charge is -2.33. The van der Waals surface area contributed by atoms with Crippen LogP contribution in [0.5, 0.6) is 0 Å². The minimum atomic E-state index is 0.792. The molecule has 0 saturated carbocycles. The van der Waals surface area contributed by atoms with Crippen LogP contribution in [0.2, 0.25) is 5.02 Å². The fourth-order valence-electron chi connectivity index (χ4n) is 3.65. The normalized spacial score (nSPS) is 15.5. The molecule has 0 aliphatic carbocycles. The van der Waals surface area contributed by atoms with Crippen LogP contribution in [0.15, 0.2) is 84.0 Å². The average molecular weight is 404 g/mol. The Hall–Kier alpha value is -2.62. The standard InChI is InChI=1S/C25H26ClN3/c1-20(22-9-11-24(12-10-22)23-5-3-2-4-6-23)27-29-17-15-28(16-18-29)19-21-7-13-25(26)14-8-21/h2-14H,15-19H2,1H3. The molecule has 0 radical (unpaired) electrons. The maximum absolute atomic E-state index is 5.98.